The van der Waals surface area contributed by atoms with Gasteiger partial charge in [0.25, 0.3) is 5.91 Å². The van der Waals surface area contributed by atoms with Crippen LogP contribution in [0.5, 0.6) is 0 Å². The maximum atomic E-state index is 12.9. The van der Waals surface area contributed by atoms with Crippen molar-refractivity contribution >= 4 is 29.2 Å². The molecule has 1 aromatic carbocycles. The van der Waals surface area contributed by atoms with Crippen LogP contribution >= 0.6 is 0 Å². The number of pyridine rings is 2. The molecule has 0 saturated carbocycles. The molecule has 7 nitrogen and oxygen atoms in total. The Hall–Kier alpha value is -3.92. The van der Waals surface area contributed by atoms with Crippen molar-refractivity contribution in [1.29, 1.82) is 0 Å². The molecule has 2 aromatic heterocycles. The summed E-state index contributed by atoms with van der Waals surface area (Å²) in [5, 5.41) is 17.3. The average Bonchev–Trinajstić information content (AvgIpc) is 2.79. The van der Waals surface area contributed by atoms with Crippen LogP contribution in [-0.4, -0.2) is 33.2 Å². The second-order valence-corrected chi connectivity index (χ2v) is 7.48. The number of benzene rings is 1. The Labute approximate surface area is 187 Å². The number of rotatable bonds is 4. The first-order valence-corrected chi connectivity index (χ1v) is 9.97. The Balaban J connectivity index is 1.63. The number of hydroxylamine groups is 2. The number of carbonyl (C=O) groups excluding carboxylic acids is 1. The van der Waals surface area contributed by atoms with E-state index in [9.17, 15) is 23.2 Å². The van der Waals surface area contributed by atoms with Crippen molar-refractivity contribution in [2.45, 2.75) is 19.6 Å². The maximum Gasteiger partial charge on any atom is 0.433 e. The van der Waals surface area contributed by atoms with Crippen molar-refractivity contribution in [3.63, 3.8) is 0 Å². The predicted molar refractivity (Wildman–Crippen MR) is 117 cm³/mol. The Morgan fingerprint density at radius 2 is 1.94 bits per heavy atom. The van der Waals surface area contributed by atoms with Crippen molar-refractivity contribution in [3.05, 3.63) is 82.3 Å². The van der Waals surface area contributed by atoms with Crippen molar-refractivity contribution in [2.75, 3.05) is 17.7 Å². The van der Waals surface area contributed by atoms with Crippen molar-refractivity contribution in [2.24, 2.45) is 0 Å². The number of hydrogen-bond donors (Lipinski definition) is 3. The zero-order valence-corrected chi connectivity index (χ0v) is 17.7. The Bertz CT molecular complexity index is 1260. The molecule has 3 heterocycles. The first kappa shape index (κ1) is 22.3. The van der Waals surface area contributed by atoms with Gasteiger partial charge in [-0.2, -0.15) is 13.2 Å². The summed E-state index contributed by atoms with van der Waals surface area (Å²) >= 11 is 0. The number of aryl methyl sites for hydroxylation is 1. The summed E-state index contributed by atoms with van der Waals surface area (Å²) in [6.45, 7) is 2.02. The molecule has 3 N–H and O–H groups in total. The van der Waals surface area contributed by atoms with Gasteiger partial charge in [-0.25, -0.2) is 4.98 Å². The van der Waals surface area contributed by atoms with Crippen LogP contribution in [0.1, 0.15) is 38.4 Å². The summed E-state index contributed by atoms with van der Waals surface area (Å²) in [6.07, 6.45) is -1.91. The molecule has 10 heteroatoms. The Kier molecular flexibility index (Phi) is 5.77. The molecular formula is C23H20F3N5O2. The summed E-state index contributed by atoms with van der Waals surface area (Å²) in [6, 6.07) is 10.7. The van der Waals surface area contributed by atoms with E-state index in [0.29, 0.717) is 34.5 Å². The molecule has 0 spiro atoms. The largest absolute Gasteiger partial charge is 0.433 e. The number of halogens is 3. The molecule has 170 valence electrons. The third-order valence-electron chi connectivity index (χ3n) is 5.22. The molecule has 0 unspecified atom stereocenters. The normalized spacial score (nSPS) is 13.3. The molecule has 1 aliphatic rings. The van der Waals surface area contributed by atoms with E-state index >= 15 is 0 Å². The van der Waals surface area contributed by atoms with Crippen LogP contribution in [0.4, 0.5) is 24.7 Å². The van der Waals surface area contributed by atoms with E-state index in [1.54, 1.807) is 31.3 Å². The molecule has 33 heavy (non-hydrogen) atoms. The van der Waals surface area contributed by atoms with Crippen molar-refractivity contribution < 1.29 is 23.2 Å². The fourth-order valence-electron chi connectivity index (χ4n) is 3.48. The van der Waals surface area contributed by atoms with Gasteiger partial charge in [0.15, 0.2) is 0 Å². The van der Waals surface area contributed by atoms with Crippen LogP contribution in [-0.2, 0) is 12.7 Å². The Morgan fingerprint density at radius 3 is 2.67 bits per heavy atom. The Morgan fingerprint density at radius 1 is 1.15 bits per heavy atom. The van der Waals surface area contributed by atoms with E-state index in [2.05, 4.69) is 20.6 Å². The average molecular weight is 455 g/mol. The van der Waals surface area contributed by atoms with Crippen LogP contribution in [0.15, 0.2) is 48.7 Å². The van der Waals surface area contributed by atoms with Gasteiger partial charge in [0, 0.05) is 35.6 Å². The molecule has 0 radical (unpaired) electrons. The van der Waals surface area contributed by atoms with Crippen LogP contribution in [0.3, 0.4) is 0 Å². The third-order valence-corrected chi connectivity index (χ3v) is 5.22. The minimum atomic E-state index is -4.65. The van der Waals surface area contributed by atoms with Gasteiger partial charge in [-0.3, -0.25) is 20.0 Å². The molecular weight excluding hydrogens is 435 g/mol. The number of nitrogens with one attached hydrogen (secondary N) is 2. The van der Waals surface area contributed by atoms with Gasteiger partial charge in [0.1, 0.15) is 11.5 Å². The van der Waals surface area contributed by atoms with Gasteiger partial charge in [0.05, 0.1) is 17.9 Å². The standard InChI is InChI=1S/C23H20F3N5O2/c1-13-3-5-16(29-22(32)15-7-8-28-20(10-15)23(24,25)26)11-17(13)19-9-14-4-6-21(27-2)30-18(14)12-31(19)33/h3-11,33H,12H2,1-2H3,(H,27,30)(H,29,32). The highest BCUT2D eigenvalue weighted by molar-refractivity contribution is 6.04. The lowest BCUT2D eigenvalue weighted by Gasteiger charge is -2.27. The fourth-order valence-corrected chi connectivity index (χ4v) is 3.48. The molecule has 1 amide bonds. The van der Waals surface area contributed by atoms with Gasteiger partial charge >= 0.3 is 6.18 Å². The van der Waals surface area contributed by atoms with E-state index in [1.165, 1.54) is 6.07 Å². The molecule has 0 atom stereocenters. The first-order valence-electron chi connectivity index (χ1n) is 9.97. The van der Waals surface area contributed by atoms with Gasteiger partial charge in [-0.05, 0) is 55.0 Å². The molecule has 1 aliphatic heterocycles. The number of anilines is 2. The van der Waals surface area contributed by atoms with E-state index in [-0.39, 0.29) is 12.1 Å². The lowest BCUT2D eigenvalue weighted by Crippen LogP contribution is -2.23. The molecule has 0 fully saturated rings. The molecule has 4 rings (SSSR count). The molecule has 0 bridgehead atoms. The van der Waals surface area contributed by atoms with Crippen LogP contribution in [0, 0.1) is 6.92 Å². The third kappa shape index (κ3) is 4.65. The summed E-state index contributed by atoms with van der Waals surface area (Å²) < 4.78 is 38.7. The number of amides is 1. The first-order chi connectivity index (χ1) is 15.7. The van der Waals surface area contributed by atoms with E-state index < -0.39 is 17.8 Å². The van der Waals surface area contributed by atoms with Gasteiger partial charge < -0.3 is 10.6 Å². The number of fused-ring (bicyclic) bond motifs is 1. The summed E-state index contributed by atoms with van der Waals surface area (Å²) in [5.41, 5.74) is 2.62. The van der Waals surface area contributed by atoms with Crippen molar-refractivity contribution in [3.8, 4) is 0 Å². The molecule has 0 saturated heterocycles. The minimum Gasteiger partial charge on any atom is -0.373 e. The van der Waals surface area contributed by atoms with Crippen molar-refractivity contribution in [1.82, 2.24) is 15.0 Å². The van der Waals surface area contributed by atoms with E-state index in [0.717, 1.165) is 22.4 Å². The monoisotopic (exact) mass is 455 g/mol. The zero-order valence-electron chi connectivity index (χ0n) is 17.7. The summed E-state index contributed by atoms with van der Waals surface area (Å²) in [5.74, 6) is -0.0185. The second-order valence-electron chi connectivity index (χ2n) is 7.48. The zero-order chi connectivity index (χ0) is 23.8. The minimum absolute atomic E-state index is 0.166. The van der Waals surface area contributed by atoms with Crippen LogP contribution in [0.2, 0.25) is 0 Å². The van der Waals surface area contributed by atoms with E-state index in [4.69, 9.17) is 0 Å². The van der Waals surface area contributed by atoms with Crippen LogP contribution < -0.4 is 10.6 Å². The lowest BCUT2D eigenvalue weighted by molar-refractivity contribution is -0.141. The quantitative estimate of drug-likeness (QED) is 0.524. The maximum absolute atomic E-state index is 12.9. The number of carbonyl (C=O) groups is 1. The fraction of sp³-hybridized carbons (Fsp3) is 0.174. The molecule has 0 aliphatic carbocycles. The van der Waals surface area contributed by atoms with Crippen LogP contribution in [0.25, 0.3) is 11.8 Å². The number of hydrogen-bond acceptors (Lipinski definition) is 6. The highest BCUT2D eigenvalue weighted by Crippen LogP contribution is 2.33. The highest BCUT2D eigenvalue weighted by atomic mass is 19.4. The van der Waals surface area contributed by atoms with Gasteiger partial charge in [-0.15, -0.1) is 0 Å². The summed E-state index contributed by atoms with van der Waals surface area (Å²) in [4.78, 5) is 20.3. The highest BCUT2D eigenvalue weighted by Gasteiger charge is 2.33. The van der Waals surface area contributed by atoms with E-state index in [1.807, 2.05) is 19.1 Å². The second kappa shape index (κ2) is 8.55. The SMILES string of the molecule is CNc1ccc2c(n1)CN(O)C(c1cc(NC(=O)c3ccnc(C(F)(F)F)c3)ccc1C)=C2. The van der Waals surface area contributed by atoms with Gasteiger partial charge in [-0.1, -0.05) is 6.07 Å². The smallest absolute Gasteiger partial charge is 0.373 e. The lowest BCUT2D eigenvalue weighted by atomic mass is 9.99. The molecule has 3 aromatic rings. The number of aromatic nitrogens is 2. The number of nitrogens with zero attached hydrogens (tertiary/aromatic N) is 3. The predicted octanol–water partition coefficient (Wildman–Crippen LogP) is 4.80. The number of alkyl halides is 3. The summed E-state index contributed by atoms with van der Waals surface area (Å²) in [7, 11) is 1.76. The van der Waals surface area contributed by atoms with Gasteiger partial charge in [0.2, 0.25) is 0 Å². The topological polar surface area (TPSA) is 90.4 Å².